The van der Waals surface area contributed by atoms with Gasteiger partial charge in [0.1, 0.15) is 17.3 Å². The van der Waals surface area contributed by atoms with Crippen LogP contribution < -0.4 is 10.1 Å². The molecule has 0 spiro atoms. The lowest BCUT2D eigenvalue weighted by molar-refractivity contribution is -0.138. The molecule has 4 nitrogen and oxygen atoms in total. The molecular weight excluding hydrogens is 329 g/mol. The van der Waals surface area contributed by atoms with Crippen LogP contribution in [0.1, 0.15) is 12.6 Å². The third-order valence-corrected chi connectivity index (χ3v) is 3.72. The zero-order chi connectivity index (χ0) is 16.9. The molecule has 1 N–H and O–H groups in total. The molecule has 0 fully saturated rings. The summed E-state index contributed by atoms with van der Waals surface area (Å²) in [5.41, 5.74) is 1.22. The van der Waals surface area contributed by atoms with E-state index in [2.05, 4.69) is 4.98 Å². The van der Waals surface area contributed by atoms with Crippen LogP contribution >= 0.6 is 11.3 Å². The number of aromatic nitrogens is 1. The summed E-state index contributed by atoms with van der Waals surface area (Å²) in [6.45, 7) is 1.04. The van der Waals surface area contributed by atoms with E-state index in [0.717, 1.165) is 5.56 Å². The first kappa shape index (κ1) is 17.3. The number of alkyl halides is 3. The predicted molar refractivity (Wildman–Crippen MR) is 81.5 cm³/mol. The van der Waals surface area contributed by atoms with Crippen LogP contribution in [0.15, 0.2) is 29.6 Å². The van der Waals surface area contributed by atoms with Crippen LogP contribution in [0.2, 0.25) is 0 Å². The van der Waals surface area contributed by atoms with E-state index in [1.165, 1.54) is 11.3 Å². The fourth-order valence-electron chi connectivity index (χ4n) is 1.86. The van der Waals surface area contributed by atoms with Crippen LogP contribution in [0, 0.1) is 0 Å². The Kier molecular flexibility index (Phi) is 5.59. The monoisotopic (exact) mass is 344 g/mol. The number of ether oxygens (including phenoxy) is 1. The minimum absolute atomic E-state index is 0.191. The molecule has 124 valence electrons. The number of carbonyl (C=O) groups excluding carboxylic acids is 1. The topological polar surface area (TPSA) is 51.2 Å². The number of carbonyl (C=O) groups is 1. The van der Waals surface area contributed by atoms with Gasteiger partial charge in [0.2, 0.25) is 5.91 Å². The Labute approximate surface area is 135 Å². The Bertz CT molecular complexity index is 671. The average Bonchev–Trinajstić information content (AvgIpc) is 2.94. The van der Waals surface area contributed by atoms with Gasteiger partial charge in [-0.3, -0.25) is 4.79 Å². The lowest BCUT2D eigenvalue weighted by Gasteiger charge is -2.08. The van der Waals surface area contributed by atoms with E-state index in [4.69, 9.17) is 4.74 Å². The third-order valence-electron chi connectivity index (χ3n) is 2.80. The molecule has 1 amide bonds. The summed E-state index contributed by atoms with van der Waals surface area (Å²) in [6.07, 6.45) is -4.61. The number of hydrogen-bond donors (Lipinski definition) is 1. The maximum Gasteiger partial charge on any atom is 0.405 e. The maximum atomic E-state index is 12.1. The summed E-state index contributed by atoms with van der Waals surface area (Å²) in [7, 11) is 0. The van der Waals surface area contributed by atoms with Crippen molar-refractivity contribution >= 4 is 17.2 Å². The molecule has 0 unspecified atom stereocenters. The van der Waals surface area contributed by atoms with Gasteiger partial charge in [-0.05, 0) is 19.1 Å². The molecule has 0 atom stereocenters. The van der Waals surface area contributed by atoms with Gasteiger partial charge in [-0.1, -0.05) is 12.1 Å². The molecule has 1 aromatic heterocycles. The first-order valence-electron chi connectivity index (χ1n) is 6.89. The Morgan fingerprint density at radius 2 is 2.09 bits per heavy atom. The summed E-state index contributed by atoms with van der Waals surface area (Å²) < 4.78 is 41.7. The van der Waals surface area contributed by atoms with E-state index in [1.807, 2.05) is 36.5 Å². The largest absolute Gasteiger partial charge is 0.493 e. The highest BCUT2D eigenvalue weighted by molar-refractivity contribution is 7.13. The minimum Gasteiger partial charge on any atom is -0.493 e. The van der Waals surface area contributed by atoms with Crippen molar-refractivity contribution in [2.24, 2.45) is 0 Å². The lowest BCUT2D eigenvalue weighted by Crippen LogP contribution is -2.34. The summed E-state index contributed by atoms with van der Waals surface area (Å²) in [4.78, 5) is 15.8. The first-order valence-corrected chi connectivity index (χ1v) is 7.77. The second-order valence-corrected chi connectivity index (χ2v) is 5.50. The molecule has 1 heterocycles. The number of halogens is 3. The van der Waals surface area contributed by atoms with Gasteiger partial charge in [-0.25, -0.2) is 4.98 Å². The highest BCUT2D eigenvalue weighted by atomic mass is 32.1. The summed E-state index contributed by atoms with van der Waals surface area (Å²) in [5, 5.41) is 4.15. The fourth-order valence-corrected chi connectivity index (χ4v) is 2.71. The van der Waals surface area contributed by atoms with Gasteiger partial charge in [0.25, 0.3) is 0 Å². The number of thiazole rings is 1. The van der Waals surface area contributed by atoms with Crippen LogP contribution in [0.5, 0.6) is 5.75 Å². The van der Waals surface area contributed by atoms with Gasteiger partial charge in [0.05, 0.1) is 24.3 Å². The Morgan fingerprint density at radius 1 is 1.35 bits per heavy atom. The van der Waals surface area contributed by atoms with Gasteiger partial charge < -0.3 is 10.1 Å². The Hall–Kier alpha value is -2.09. The first-order chi connectivity index (χ1) is 10.9. The van der Waals surface area contributed by atoms with Gasteiger partial charge in [0.15, 0.2) is 0 Å². The van der Waals surface area contributed by atoms with Crippen molar-refractivity contribution in [3.63, 3.8) is 0 Å². The van der Waals surface area contributed by atoms with Crippen molar-refractivity contribution < 1.29 is 22.7 Å². The van der Waals surface area contributed by atoms with Crippen LogP contribution in [0.25, 0.3) is 10.6 Å². The fraction of sp³-hybridized carbons (Fsp3) is 0.333. The van der Waals surface area contributed by atoms with E-state index < -0.39 is 18.6 Å². The van der Waals surface area contributed by atoms with E-state index >= 15 is 0 Å². The molecule has 0 aliphatic heterocycles. The average molecular weight is 344 g/mol. The molecule has 23 heavy (non-hydrogen) atoms. The molecule has 0 saturated heterocycles. The van der Waals surface area contributed by atoms with Crippen molar-refractivity contribution in [2.45, 2.75) is 19.5 Å². The molecular formula is C15H15F3N2O2S. The summed E-state index contributed by atoms with van der Waals surface area (Å²) in [6, 6.07) is 7.34. The van der Waals surface area contributed by atoms with Crippen molar-refractivity contribution in [1.82, 2.24) is 10.3 Å². The summed E-state index contributed by atoms with van der Waals surface area (Å²) >= 11 is 1.31. The van der Waals surface area contributed by atoms with Crippen molar-refractivity contribution in [3.8, 4) is 16.3 Å². The standard InChI is InChI=1S/C15H15F3N2O2S/c1-2-22-12-6-4-3-5-11(12)14-20-10(8-23-14)7-13(21)19-9-15(16,17)18/h3-6,8H,2,7,9H2,1H3,(H,19,21). The van der Waals surface area contributed by atoms with Crippen LogP contribution in [-0.2, 0) is 11.2 Å². The SMILES string of the molecule is CCOc1ccccc1-c1nc(CC(=O)NCC(F)(F)F)cs1. The molecule has 8 heteroatoms. The van der Waals surface area contributed by atoms with Crippen molar-refractivity contribution in [2.75, 3.05) is 13.2 Å². The molecule has 2 aromatic rings. The van der Waals surface area contributed by atoms with Crippen molar-refractivity contribution in [1.29, 1.82) is 0 Å². The van der Waals surface area contributed by atoms with Gasteiger partial charge in [-0.15, -0.1) is 11.3 Å². The molecule has 1 aromatic carbocycles. The predicted octanol–water partition coefficient (Wildman–Crippen LogP) is 3.43. The second-order valence-electron chi connectivity index (χ2n) is 4.64. The number of amides is 1. The van der Waals surface area contributed by atoms with Gasteiger partial charge in [0, 0.05) is 5.38 Å². The molecule has 0 aliphatic rings. The molecule has 0 bridgehead atoms. The van der Waals surface area contributed by atoms with Crippen LogP contribution in [0.4, 0.5) is 13.2 Å². The molecule has 2 rings (SSSR count). The zero-order valence-corrected chi connectivity index (χ0v) is 13.1. The molecule has 0 saturated carbocycles. The van der Waals surface area contributed by atoms with Crippen molar-refractivity contribution in [3.05, 3.63) is 35.3 Å². The Morgan fingerprint density at radius 3 is 2.78 bits per heavy atom. The minimum atomic E-state index is -4.42. The highest BCUT2D eigenvalue weighted by Crippen LogP contribution is 2.32. The van der Waals surface area contributed by atoms with E-state index in [0.29, 0.717) is 23.1 Å². The van der Waals surface area contributed by atoms with Crippen LogP contribution in [0.3, 0.4) is 0 Å². The molecule has 0 aliphatic carbocycles. The summed E-state index contributed by atoms with van der Waals surface area (Å²) in [5.74, 6) is -0.0327. The highest BCUT2D eigenvalue weighted by Gasteiger charge is 2.27. The van der Waals surface area contributed by atoms with E-state index in [-0.39, 0.29) is 6.42 Å². The normalized spacial score (nSPS) is 11.3. The van der Waals surface area contributed by atoms with E-state index in [9.17, 15) is 18.0 Å². The zero-order valence-electron chi connectivity index (χ0n) is 12.3. The van der Waals surface area contributed by atoms with E-state index in [1.54, 1.807) is 5.38 Å². The number of benzene rings is 1. The number of nitrogens with one attached hydrogen (secondary N) is 1. The Balaban J connectivity index is 2.05. The third kappa shape index (κ3) is 5.24. The van der Waals surface area contributed by atoms with Gasteiger partial charge in [-0.2, -0.15) is 13.2 Å². The lowest BCUT2D eigenvalue weighted by atomic mass is 10.2. The number of rotatable bonds is 6. The number of nitrogens with zero attached hydrogens (tertiary/aromatic N) is 1. The second kappa shape index (κ2) is 7.45. The molecule has 0 radical (unpaired) electrons. The number of para-hydroxylation sites is 1. The smallest absolute Gasteiger partial charge is 0.405 e. The number of hydrogen-bond acceptors (Lipinski definition) is 4. The quantitative estimate of drug-likeness (QED) is 0.873. The van der Waals surface area contributed by atoms with Crippen LogP contribution in [-0.4, -0.2) is 30.2 Å². The van der Waals surface area contributed by atoms with Gasteiger partial charge >= 0.3 is 6.18 Å². The maximum absolute atomic E-state index is 12.1.